The predicted molar refractivity (Wildman–Crippen MR) is 61.5 cm³/mol. The third kappa shape index (κ3) is 2.05. The Morgan fingerprint density at radius 1 is 1.47 bits per heavy atom. The lowest BCUT2D eigenvalue weighted by atomic mass is 10.3. The summed E-state index contributed by atoms with van der Waals surface area (Å²) in [5.74, 6) is -0.205. The predicted octanol–water partition coefficient (Wildman–Crippen LogP) is 1.16. The molecule has 1 aromatic heterocycles. The van der Waals surface area contributed by atoms with Gasteiger partial charge in [0, 0.05) is 12.1 Å². The van der Waals surface area contributed by atoms with Gasteiger partial charge in [-0.25, -0.2) is 9.48 Å². The van der Waals surface area contributed by atoms with Gasteiger partial charge >= 0.3 is 5.97 Å². The molecule has 0 unspecified atom stereocenters. The summed E-state index contributed by atoms with van der Waals surface area (Å²) >= 11 is 0. The van der Waals surface area contributed by atoms with E-state index in [4.69, 9.17) is 15.6 Å². The molecule has 1 heterocycles. The molecule has 0 aliphatic heterocycles. The minimum Gasteiger partial charge on any atom is -0.497 e. The first kappa shape index (κ1) is 11.0. The zero-order valence-corrected chi connectivity index (χ0v) is 9.12. The molecule has 0 saturated heterocycles. The van der Waals surface area contributed by atoms with Gasteiger partial charge in [0.2, 0.25) is 0 Å². The number of aromatic nitrogens is 2. The van der Waals surface area contributed by atoms with Gasteiger partial charge < -0.3 is 15.6 Å². The Bertz CT molecular complexity index is 563. The number of carboxylic acids is 1. The Hall–Kier alpha value is -2.50. The average molecular weight is 233 g/mol. The van der Waals surface area contributed by atoms with Crippen LogP contribution in [0.1, 0.15) is 10.5 Å². The first-order valence-corrected chi connectivity index (χ1v) is 4.85. The molecule has 0 saturated carbocycles. The Labute approximate surface area is 97.2 Å². The average Bonchev–Trinajstić information content (AvgIpc) is 2.72. The molecule has 0 aliphatic carbocycles. The number of benzene rings is 1. The van der Waals surface area contributed by atoms with E-state index in [-0.39, 0.29) is 11.5 Å². The van der Waals surface area contributed by atoms with Crippen LogP contribution in [0.5, 0.6) is 5.75 Å². The highest BCUT2D eigenvalue weighted by Crippen LogP contribution is 2.19. The molecule has 6 heteroatoms. The summed E-state index contributed by atoms with van der Waals surface area (Å²) in [6.07, 6.45) is 0. The molecule has 17 heavy (non-hydrogen) atoms. The van der Waals surface area contributed by atoms with Gasteiger partial charge in [-0.05, 0) is 12.1 Å². The number of ether oxygens (including phenoxy) is 1. The number of rotatable bonds is 3. The van der Waals surface area contributed by atoms with Crippen LogP contribution in [-0.2, 0) is 0 Å². The van der Waals surface area contributed by atoms with Crippen molar-refractivity contribution in [1.82, 2.24) is 9.78 Å². The van der Waals surface area contributed by atoms with E-state index in [1.165, 1.54) is 10.7 Å². The molecule has 1 aromatic carbocycles. The maximum Gasteiger partial charge on any atom is 0.356 e. The fourth-order valence-electron chi connectivity index (χ4n) is 1.45. The highest BCUT2D eigenvalue weighted by atomic mass is 16.5. The second kappa shape index (κ2) is 4.17. The largest absolute Gasteiger partial charge is 0.497 e. The van der Waals surface area contributed by atoms with Crippen LogP contribution in [0, 0.1) is 0 Å². The minimum atomic E-state index is -1.11. The van der Waals surface area contributed by atoms with Gasteiger partial charge in [-0.1, -0.05) is 6.07 Å². The Kier molecular flexibility index (Phi) is 2.70. The van der Waals surface area contributed by atoms with Gasteiger partial charge in [0.1, 0.15) is 11.6 Å². The van der Waals surface area contributed by atoms with Gasteiger partial charge in [-0.15, -0.1) is 0 Å². The molecule has 0 amide bonds. The summed E-state index contributed by atoms with van der Waals surface area (Å²) in [6.45, 7) is 0. The molecule has 3 N–H and O–H groups in total. The highest BCUT2D eigenvalue weighted by molar-refractivity contribution is 5.86. The molecule has 0 aliphatic rings. The van der Waals surface area contributed by atoms with Crippen LogP contribution in [0.15, 0.2) is 30.3 Å². The van der Waals surface area contributed by atoms with Crippen molar-refractivity contribution in [1.29, 1.82) is 0 Å². The minimum absolute atomic E-state index is 0.0923. The van der Waals surface area contributed by atoms with E-state index in [1.54, 1.807) is 31.4 Å². The molecule has 0 fully saturated rings. The van der Waals surface area contributed by atoms with E-state index in [0.29, 0.717) is 11.4 Å². The van der Waals surface area contributed by atoms with Crippen LogP contribution in [0.2, 0.25) is 0 Å². The molecule has 2 rings (SSSR count). The summed E-state index contributed by atoms with van der Waals surface area (Å²) < 4.78 is 6.43. The summed E-state index contributed by atoms with van der Waals surface area (Å²) in [4.78, 5) is 10.8. The monoisotopic (exact) mass is 233 g/mol. The Morgan fingerprint density at radius 2 is 2.24 bits per heavy atom. The van der Waals surface area contributed by atoms with Crippen molar-refractivity contribution < 1.29 is 14.6 Å². The molecule has 88 valence electrons. The number of nitrogens with zero attached hydrogens (tertiary/aromatic N) is 2. The highest BCUT2D eigenvalue weighted by Gasteiger charge is 2.12. The molecule has 6 nitrogen and oxygen atoms in total. The maximum absolute atomic E-state index is 10.8. The van der Waals surface area contributed by atoms with Crippen molar-refractivity contribution in [3.05, 3.63) is 36.0 Å². The van der Waals surface area contributed by atoms with Crippen molar-refractivity contribution in [2.45, 2.75) is 0 Å². The van der Waals surface area contributed by atoms with Crippen LogP contribution < -0.4 is 10.5 Å². The molecule has 0 atom stereocenters. The van der Waals surface area contributed by atoms with Crippen molar-refractivity contribution in [2.75, 3.05) is 12.8 Å². The van der Waals surface area contributed by atoms with Crippen molar-refractivity contribution in [3.63, 3.8) is 0 Å². The summed E-state index contributed by atoms with van der Waals surface area (Å²) in [6, 6.07) is 8.34. The Balaban J connectivity index is 2.48. The second-order valence-electron chi connectivity index (χ2n) is 3.37. The van der Waals surface area contributed by atoms with Crippen molar-refractivity contribution in [3.8, 4) is 11.4 Å². The van der Waals surface area contributed by atoms with Crippen LogP contribution in [0.4, 0.5) is 5.82 Å². The molecule has 2 aromatic rings. The van der Waals surface area contributed by atoms with Crippen LogP contribution in [0.3, 0.4) is 0 Å². The number of carbonyl (C=O) groups is 1. The number of aromatic carboxylic acids is 1. The van der Waals surface area contributed by atoms with Crippen LogP contribution in [-0.4, -0.2) is 28.0 Å². The second-order valence-corrected chi connectivity index (χ2v) is 3.37. The first-order valence-electron chi connectivity index (χ1n) is 4.85. The first-order chi connectivity index (χ1) is 8.11. The topological polar surface area (TPSA) is 90.4 Å². The van der Waals surface area contributed by atoms with Crippen molar-refractivity contribution in [2.24, 2.45) is 0 Å². The SMILES string of the molecule is COc1cccc(-n2nc(C(=O)O)cc2N)c1. The number of hydrogen-bond donors (Lipinski definition) is 2. The fourth-order valence-corrected chi connectivity index (χ4v) is 1.45. The number of hydrogen-bond acceptors (Lipinski definition) is 4. The van der Waals surface area contributed by atoms with Gasteiger partial charge in [0.25, 0.3) is 0 Å². The molecular formula is C11H11N3O3. The zero-order valence-electron chi connectivity index (χ0n) is 9.12. The smallest absolute Gasteiger partial charge is 0.356 e. The van der Waals surface area contributed by atoms with Gasteiger partial charge in [-0.3, -0.25) is 0 Å². The quantitative estimate of drug-likeness (QED) is 0.830. The van der Waals surface area contributed by atoms with Gasteiger partial charge in [-0.2, -0.15) is 5.10 Å². The maximum atomic E-state index is 10.8. The van der Waals surface area contributed by atoms with E-state index in [2.05, 4.69) is 5.10 Å². The normalized spacial score (nSPS) is 10.2. The fraction of sp³-hybridized carbons (Fsp3) is 0.0909. The summed E-state index contributed by atoms with van der Waals surface area (Å²) in [5.41, 5.74) is 6.25. The van der Waals surface area contributed by atoms with Crippen molar-refractivity contribution >= 4 is 11.8 Å². The van der Waals surface area contributed by atoms with E-state index < -0.39 is 5.97 Å². The lowest BCUT2D eigenvalue weighted by Crippen LogP contribution is -2.03. The van der Waals surface area contributed by atoms with Gasteiger partial charge in [0.15, 0.2) is 5.69 Å². The zero-order chi connectivity index (χ0) is 12.4. The molecule has 0 spiro atoms. The third-order valence-corrected chi connectivity index (χ3v) is 2.25. The summed E-state index contributed by atoms with van der Waals surface area (Å²) in [7, 11) is 1.55. The van der Waals surface area contributed by atoms with E-state index in [0.717, 1.165) is 0 Å². The summed E-state index contributed by atoms with van der Waals surface area (Å²) in [5, 5.41) is 12.7. The van der Waals surface area contributed by atoms with E-state index in [9.17, 15) is 4.79 Å². The van der Waals surface area contributed by atoms with Crippen LogP contribution in [0.25, 0.3) is 5.69 Å². The van der Waals surface area contributed by atoms with Gasteiger partial charge in [0.05, 0.1) is 12.8 Å². The number of nitrogen functional groups attached to an aromatic ring is 1. The Morgan fingerprint density at radius 3 is 2.82 bits per heavy atom. The molecular weight excluding hydrogens is 222 g/mol. The number of anilines is 1. The number of nitrogens with two attached hydrogens (primary N) is 1. The number of methoxy groups -OCH3 is 1. The third-order valence-electron chi connectivity index (χ3n) is 2.25. The lowest BCUT2D eigenvalue weighted by Gasteiger charge is -2.05. The van der Waals surface area contributed by atoms with E-state index in [1.807, 2.05) is 0 Å². The van der Waals surface area contributed by atoms with Crippen LogP contribution >= 0.6 is 0 Å². The number of carboxylic acid groups (broad SMARTS) is 1. The molecule has 0 bridgehead atoms. The lowest BCUT2D eigenvalue weighted by molar-refractivity contribution is 0.0690. The standard InChI is InChI=1S/C11H11N3O3/c1-17-8-4-2-3-7(5-8)14-10(12)6-9(13-14)11(15)16/h2-6H,12H2,1H3,(H,15,16). The molecule has 0 radical (unpaired) electrons. The van der Waals surface area contributed by atoms with E-state index >= 15 is 0 Å².